The molecule has 1 fully saturated rings. The number of aromatic nitrogens is 3. The molecule has 0 spiro atoms. The molecule has 1 aliphatic rings. The molecule has 0 aromatic carbocycles. The van der Waals surface area contributed by atoms with Crippen molar-refractivity contribution in [3.63, 3.8) is 0 Å². The molecular formula is C7H11Br2N3. The lowest BCUT2D eigenvalue weighted by Gasteiger charge is -1.92. The molecule has 3 nitrogen and oxygen atoms in total. The summed E-state index contributed by atoms with van der Waals surface area (Å²) < 4.78 is 1.90. The van der Waals surface area contributed by atoms with Crippen LogP contribution in [0, 0.1) is 0 Å². The highest BCUT2D eigenvalue weighted by Gasteiger charge is 2.28. The van der Waals surface area contributed by atoms with Crippen LogP contribution in [-0.2, 0) is 12.4 Å². The van der Waals surface area contributed by atoms with Crippen molar-refractivity contribution in [3.05, 3.63) is 11.6 Å². The molecule has 0 amide bonds. The van der Waals surface area contributed by atoms with Gasteiger partial charge in [-0.3, -0.25) is 4.68 Å². The fourth-order valence-corrected chi connectivity index (χ4v) is 1.44. The van der Waals surface area contributed by atoms with Gasteiger partial charge in [-0.15, -0.1) is 17.0 Å². The standard InChI is InChI=1S/C7H10BrN3.BrH/c1-11-7(5-2-3-5)9-6(4-8)10-11;/h5H,2-4H2,1H3;1H. The zero-order valence-electron chi connectivity index (χ0n) is 6.83. The maximum atomic E-state index is 4.40. The molecule has 12 heavy (non-hydrogen) atoms. The Kier molecular flexibility index (Phi) is 3.29. The van der Waals surface area contributed by atoms with E-state index < -0.39 is 0 Å². The van der Waals surface area contributed by atoms with E-state index in [1.54, 1.807) is 0 Å². The second-order valence-corrected chi connectivity index (χ2v) is 3.48. The molecule has 2 rings (SSSR count). The minimum atomic E-state index is 0. The SMILES string of the molecule is Br.Cn1nc(CBr)nc1C1CC1. The smallest absolute Gasteiger partial charge is 0.161 e. The van der Waals surface area contributed by atoms with Crippen LogP contribution in [0.4, 0.5) is 0 Å². The van der Waals surface area contributed by atoms with Crippen LogP contribution in [0.1, 0.15) is 30.4 Å². The fourth-order valence-electron chi connectivity index (χ4n) is 1.20. The molecule has 1 saturated carbocycles. The molecule has 0 unspecified atom stereocenters. The van der Waals surface area contributed by atoms with E-state index in [1.165, 1.54) is 12.8 Å². The predicted octanol–water partition coefficient (Wildman–Crippen LogP) is 2.17. The number of halogens is 2. The molecular weight excluding hydrogens is 286 g/mol. The van der Waals surface area contributed by atoms with Crippen LogP contribution in [-0.4, -0.2) is 14.8 Å². The Morgan fingerprint density at radius 3 is 2.67 bits per heavy atom. The quantitative estimate of drug-likeness (QED) is 0.783. The Morgan fingerprint density at radius 1 is 1.58 bits per heavy atom. The lowest BCUT2D eigenvalue weighted by atomic mass is 10.4. The average molecular weight is 297 g/mol. The third-order valence-corrected chi connectivity index (χ3v) is 2.40. The Hall–Kier alpha value is 0.1000. The Labute approximate surface area is 90.5 Å². The van der Waals surface area contributed by atoms with E-state index in [-0.39, 0.29) is 17.0 Å². The van der Waals surface area contributed by atoms with Crippen molar-refractivity contribution >= 4 is 32.9 Å². The first kappa shape index (κ1) is 10.2. The third-order valence-electron chi connectivity index (χ3n) is 1.90. The summed E-state index contributed by atoms with van der Waals surface area (Å²) in [6.07, 6.45) is 2.57. The number of alkyl halides is 1. The minimum Gasteiger partial charge on any atom is -0.253 e. The highest BCUT2D eigenvalue weighted by atomic mass is 79.9. The maximum absolute atomic E-state index is 4.40. The zero-order chi connectivity index (χ0) is 7.84. The normalized spacial score (nSPS) is 15.8. The van der Waals surface area contributed by atoms with Gasteiger partial charge in [0.15, 0.2) is 5.82 Å². The van der Waals surface area contributed by atoms with E-state index in [4.69, 9.17) is 0 Å². The van der Waals surface area contributed by atoms with Crippen molar-refractivity contribution in [2.75, 3.05) is 0 Å². The molecule has 0 aliphatic heterocycles. The molecule has 0 atom stereocenters. The first-order valence-electron chi connectivity index (χ1n) is 3.77. The van der Waals surface area contributed by atoms with E-state index in [0.717, 1.165) is 17.0 Å². The first-order valence-corrected chi connectivity index (χ1v) is 4.89. The largest absolute Gasteiger partial charge is 0.253 e. The summed E-state index contributed by atoms with van der Waals surface area (Å²) in [5.41, 5.74) is 0. The van der Waals surface area contributed by atoms with E-state index in [0.29, 0.717) is 5.92 Å². The molecule has 0 N–H and O–H groups in total. The number of rotatable bonds is 2. The van der Waals surface area contributed by atoms with E-state index >= 15 is 0 Å². The number of hydrogen-bond acceptors (Lipinski definition) is 2. The van der Waals surface area contributed by atoms with Gasteiger partial charge in [0.1, 0.15) is 5.82 Å². The number of hydrogen-bond donors (Lipinski definition) is 0. The van der Waals surface area contributed by atoms with Gasteiger partial charge in [-0.1, -0.05) is 15.9 Å². The summed E-state index contributed by atoms with van der Waals surface area (Å²) >= 11 is 3.34. The van der Waals surface area contributed by atoms with Gasteiger partial charge in [0.05, 0.1) is 5.33 Å². The van der Waals surface area contributed by atoms with Crippen molar-refractivity contribution in [3.8, 4) is 0 Å². The monoisotopic (exact) mass is 295 g/mol. The van der Waals surface area contributed by atoms with E-state index in [2.05, 4.69) is 26.0 Å². The lowest BCUT2D eigenvalue weighted by Crippen LogP contribution is -1.96. The molecule has 0 radical (unpaired) electrons. The topological polar surface area (TPSA) is 30.7 Å². The van der Waals surface area contributed by atoms with Crippen LogP contribution in [0.25, 0.3) is 0 Å². The van der Waals surface area contributed by atoms with E-state index in [9.17, 15) is 0 Å². The summed E-state index contributed by atoms with van der Waals surface area (Å²) in [7, 11) is 1.97. The molecule has 0 saturated heterocycles. The molecule has 1 aromatic heterocycles. The molecule has 1 aliphatic carbocycles. The third kappa shape index (κ3) is 1.88. The van der Waals surface area contributed by atoms with Crippen molar-refractivity contribution in [1.82, 2.24) is 14.8 Å². The zero-order valence-corrected chi connectivity index (χ0v) is 10.1. The number of nitrogens with zero attached hydrogens (tertiary/aromatic N) is 3. The van der Waals surface area contributed by atoms with Gasteiger partial charge < -0.3 is 0 Å². The van der Waals surface area contributed by atoms with Crippen molar-refractivity contribution in [2.45, 2.75) is 24.1 Å². The summed E-state index contributed by atoms with van der Waals surface area (Å²) in [6.45, 7) is 0. The first-order chi connectivity index (χ1) is 5.31. The van der Waals surface area contributed by atoms with Gasteiger partial charge in [-0.25, -0.2) is 4.98 Å². The van der Waals surface area contributed by atoms with E-state index in [1.807, 2.05) is 11.7 Å². The molecule has 68 valence electrons. The maximum Gasteiger partial charge on any atom is 0.161 e. The highest BCUT2D eigenvalue weighted by Crippen LogP contribution is 2.38. The van der Waals surface area contributed by atoms with Crippen LogP contribution in [0.15, 0.2) is 0 Å². The summed E-state index contributed by atoms with van der Waals surface area (Å²) in [5, 5.41) is 5.01. The van der Waals surface area contributed by atoms with Crippen LogP contribution < -0.4 is 0 Å². The second-order valence-electron chi connectivity index (χ2n) is 2.92. The van der Waals surface area contributed by atoms with Gasteiger partial charge >= 0.3 is 0 Å². The molecule has 5 heteroatoms. The summed E-state index contributed by atoms with van der Waals surface area (Å²) in [4.78, 5) is 4.40. The van der Waals surface area contributed by atoms with Gasteiger partial charge in [-0.05, 0) is 12.8 Å². The Morgan fingerprint density at radius 2 is 2.25 bits per heavy atom. The summed E-state index contributed by atoms with van der Waals surface area (Å²) in [5.74, 6) is 2.74. The van der Waals surface area contributed by atoms with Gasteiger partial charge in [0.25, 0.3) is 0 Å². The number of aryl methyl sites for hydroxylation is 1. The van der Waals surface area contributed by atoms with Crippen LogP contribution in [0.3, 0.4) is 0 Å². The average Bonchev–Trinajstić information content (AvgIpc) is 2.76. The van der Waals surface area contributed by atoms with Gasteiger partial charge in [0.2, 0.25) is 0 Å². The minimum absolute atomic E-state index is 0. The fraction of sp³-hybridized carbons (Fsp3) is 0.714. The predicted molar refractivity (Wildman–Crippen MR) is 55.9 cm³/mol. The molecule has 1 heterocycles. The lowest BCUT2D eigenvalue weighted by molar-refractivity contribution is 0.700. The molecule has 1 aromatic rings. The Bertz CT molecular complexity index is 268. The van der Waals surface area contributed by atoms with Crippen molar-refractivity contribution in [2.24, 2.45) is 7.05 Å². The van der Waals surface area contributed by atoms with Crippen LogP contribution in [0.2, 0.25) is 0 Å². The van der Waals surface area contributed by atoms with Crippen LogP contribution in [0.5, 0.6) is 0 Å². The summed E-state index contributed by atoms with van der Waals surface area (Å²) in [6, 6.07) is 0. The second kappa shape index (κ2) is 3.87. The Balaban J connectivity index is 0.000000720. The van der Waals surface area contributed by atoms with Gasteiger partial charge in [-0.2, -0.15) is 5.10 Å². The van der Waals surface area contributed by atoms with Crippen LogP contribution >= 0.6 is 32.9 Å². The highest BCUT2D eigenvalue weighted by molar-refractivity contribution is 9.08. The van der Waals surface area contributed by atoms with Crippen molar-refractivity contribution < 1.29 is 0 Å². The molecule has 0 bridgehead atoms. The van der Waals surface area contributed by atoms with Crippen molar-refractivity contribution in [1.29, 1.82) is 0 Å². The van der Waals surface area contributed by atoms with Gasteiger partial charge in [0, 0.05) is 13.0 Å².